The lowest BCUT2D eigenvalue weighted by Crippen LogP contribution is -2.12. The fourth-order valence-electron chi connectivity index (χ4n) is 6.19. The first-order valence-corrected chi connectivity index (χ1v) is 19.0. The first kappa shape index (κ1) is 40.8. The van der Waals surface area contributed by atoms with Crippen LogP contribution in [0, 0.1) is 55.4 Å². The molecular formula is C51H53NO4. The van der Waals surface area contributed by atoms with Crippen LogP contribution >= 0.6 is 0 Å². The van der Waals surface area contributed by atoms with E-state index < -0.39 is 5.91 Å². The van der Waals surface area contributed by atoms with Gasteiger partial charge in [-0.25, -0.2) is 0 Å². The third-order valence-corrected chi connectivity index (χ3v) is 9.40. The Kier molecular flexibility index (Phi) is 14.1. The molecule has 0 heterocycles. The Morgan fingerprint density at radius 2 is 0.768 bits per heavy atom. The molecule has 0 spiro atoms. The number of aryl methyl sites for hydroxylation is 8. The molecule has 0 bridgehead atoms. The zero-order chi connectivity index (χ0) is 40.2. The molecule has 286 valence electrons. The SMILES string of the molecule is Cc1ccc(-c2ccc(C)cc2C)c(C)c1.Cc1ccc(OC2=CC=C(Oc3ccc(C)cc3)CC2)cc1.Cc1ccc(Oc2ccc(C)c(C(N)=O)c2)cc1. The maximum Gasteiger partial charge on any atom is 0.249 e. The number of ether oxygens (including phenoxy) is 3. The van der Waals surface area contributed by atoms with E-state index in [-0.39, 0.29) is 0 Å². The van der Waals surface area contributed by atoms with E-state index in [1.54, 1.807) is 6.07 Å². The van der Waals surface area contributed by atoms with Crippen molar-refractivity contribution in [3.8, 4) is 34.1 Å². The van der Waals surface area contributed by atoms with Crippen LogP contribution < -0.4 is 19.9 Å². The summed E-state index contributed by atoms with van der Waals surface area (Å²) < 4.78 is 17.4. The van der Waals surface area contributed by atoms with E-state index in [2.05, 4.69) is 102 Å². The van der Waals surface area contributed by atoms with Gasteiger partial charge in [0.25, 0.3) is 0 Å². The summed E-state index contributed by atoms with van der Waals surface area (Å²) >= 11 is 0. The second-order valence-electron chi connectivity index (χ2n) is 14.5. The van der Waals surface area contributed by atoms with E-state index in [0.717, 1.165) is 47.2 Å². The molecule has 1 aliphatic carbocycles. The Hall–Kier alpha value is -6.33. The molecule has 6 aromatic carbocycles. The predicted molar refractivity (Wildman–Crippen MR) is 231 cm³/mol. The largest absolute Gasteiger partial charge is 0.462 e. The van der Waals surface area contributed by atoms with Crippen LogP contribution in [0.5, 0.6) is 23.0 Å². The predicted octanol–water partition coefficient (Wildman–Crippen LogP) is 13.1. The van der Waals surface area contributed by atoms with E-state index in [0.29, 0.717) is 11.3 Å². The molecule has 2 N–H and O–H groups in total. The number of carbonyl (C=O) groups excluding carboxylic acids is 1. The van der Waals surface area contributed by atoms with Crippen molar-refractivity contribution in [1.82, 2.24) is 0 Å². The van der Waals surface area contributed by atoms with E-state index >= 15 is 0 Å². The van der Waals surface area contributed by atoms with Crippen molar-refractivity contribution in [2.24, 2.45) is 5.73 Å². The van der Waals surface area contributed by atoms with Gasteiger partial charge in [-0.05, 0) is 144 Å². The molecule has 6 aromatic rings. The number of nitrogens with two attached hydrogens (primary N) is 1. The van der Waals surface area contributed by atoms with Crippen LogP contribution in [0.1, 0.15) is 67.7 Å². The Morgan fingerprint density at radius 3 is 1.12 bits per heavy atom. The molecule has 1 amide bonds. The van der Waals surface area contributed by atoms with Crippen LogP contribution in [-0.4, -0.2) is 5.91 Å². The molecule has 0 fully saturated rings. The van der Waals surface area contributed by atoms with Gasteiger partial charge in [0.15, 0.2) is 0 Å². The minimum atomic E-state index is -0.443. The molecule has 0 unspecified atom stereocenters. The van der Waals surface area contributed by atoms with Crippen molar-refractivity contribution in [3.05, 3.63) is 201 Å². The van der Waals surface area contributed by atoms with Gasteiger partial charge in [0.05, 0.1) is 0 Å². The molecule has 0 saturated carbocycles. The summed E-state index contributed by atoms with van der Waals surface area (Å²) in [5, 5.41) is 0. The molecule has 0 atom stereocenters. The highest BCUT2D eigenvalue weighted by molar-refractivity contribution is 5.94. The Morgan fingerprint density at radius 1 is 0.411 bits per heavy atom. The van der Waals surface area contributed by atoms with Crippen molar-refractivity contribution >= 4 is 5.91 Å². The molecule has 0 radical (unpaired) electrons. The number of primary amides is 1. The van der Waals surface area contributed by atoms with Gasteiger partial charge < -0.3 is 19.9 Å². The first-order chi connectivity index (χ1) is 26.8. The molecule has 0 aromatic heterocycles. The molecular weight excluding hydrogens is 691 g/mol. The summed E-state index contributed by atoms with van der Waals surface area (Å²) in [6.07, 6.45) is 5.69. The van der Waals surface area contributed by atoms with Crippen molar-refractivity contribution < 1.29 is 19.0 Å². The molecule has 5 nitrogen and oxygen atoms in total. The summed E-state index contributed by atoms with van der Waals surface area (Å²) in [6, 6.07) is 42.5. The summed E-state index contributed by atoms with van der Waals surface area (Å²) in [4.78, 5) is 11.2. The lowest BCUT2D eigenvalue weighted by atomic mass is 9.94. The van der Waals surface area contributed by atoms with Crippen molar-refractivity contribution in [2.75, 3.05) is 0 Å². The van der Waals surface area contributed by atoms with Crippen LogP contribution in [0.15, 0.2) is 151 Å². The Labute approximate surface area is 333 Å². The van der Waals surface area contributed by atoms with Crippen LogP contribution in [0.25, 0.3) is 11.1 Å². The molecule has 0 saturated heterocycles. The van der Waals surface area contributed by atoms with Gasteiger partial charge in [-0.15, -0.1) is 0 Å². The molecule has 0 aliphatic heterocycles. The summed E-state index contributed by atoms with van der Waals surface area (Å²) in [6.45, 7) is 16.6. The van der Waals surface area contributed by atoms with Gasteiger partial charge in [0, 0.05) is 18.4 Å². The van der Waals surface area contributed by atoms with Crippen molar-refractivity contribution in [1.29, 1.82) is 0 Å². The van der Waals surface area contributed by atoms with E-state index in [9.17, 15) is 4.79 Å². The number of hydrogen-bond acceptors (Lipinski definition) is 4. The summed E-state index contributed by atoms with van der Waals surface area (Å²) in [7, 11) is 0. The second-order valence-corrected chi connectivity index (χ2v) is 14.5. The van der Waals surface area contributed by atoms with E-state index in [1.807, 2.05) is 86.7 Å². The Bertz CT molecular complexity index is 2200. The number of rotatable bonds is 8. The monoisotopic (exact) mass is 743 g/mol. The normalized spacial score (nSPS) is 11.8. The van der Waals surface area contributed by atoms with Crippen molar-refractivity contribution in [3.63, 3.8) is 0 Å². The van der Waals surface area contributed by atoms with E-state index in [1.165, 1.54) is 50.1 Å². The summed E-state index contributed by atoms with van der Waals surface area (Å²) in [5.74, 6) is 4.61. The zero-order valence-electron chi connectivity index (χ0n) is 33.9. The zero-order valence-corrected chi connectivity index (χ0v) is 33.9. The highest BCUT2D eigenvalue weighted by atomic mass is 16.5. The van der Waals surface area contributed by atoms with Crippen LogP contribution in [0.2, 0.25) is 0 Å². The number of hydrogen-bond donors (Lipinski definition) is 1. The third-order valence-electron chi connectivity index (χ3n) is 9.40. The first-order valence-electron chi connectivity index (χ1n) is 19.0. The number of carbonyl (C=O) groups is 1. The summed E-state index contributed by atoms with van der Waals surface area (Å²) in [5.41, 5.74) is 18.3. The van der Waals surface area contributed by atoms with Gasteiger partial charge in [0.2, 0.25) is 5.91 Å². The smallest absolute Gasteiger partial charge is 0.249 e. The van der Waals surface area contributed by atoms with Crippen LogP contribution in [-0.2, 0) is 0 Å². The van der Waals surface area contributed by atoms with Gasteiger partial charge in [-0.1, -0.05) is 107 Å². The molecule has 7 rings (SSSR count). The number of benzene rings is 6. The average Bonchev–Trinajstić information content (AvgIpc) is 3.17. The highest BCUT2D eigenvalue weighted by Gasteiger charge is 2.11. The number of allylic oxidation sites excluding steroid dienone is 4. The minimum Gasteiger partial charge on any atom is -0.462 e. The lowest BCUT2D eigenvalue weighted by molar-refractivity contribution is 0.0999. The fraction of sp³-hybridized carbons (Fsp3) is 0.196. The van der Waals surface area contributed by atoms with E-state index in [4.69, 9.17) is 19.9 Å². The molecule has 1 aliphatic rings. The van der Waals surface area contributed by atoms with Gasteiger partial charge >= 0.3 is 0 Å². The maximum atomic E-state index is 11.2. The van der Waals surface area contributed by atoms with Crippen molar-refractivity contribution in [2.45, 2.75) is 68.2 Å². The minimum absolute atomic E-state index is 0.443. The average molecular weight is 744 g/mol. The maximum absolute atomic E-state index is 11.2. The third kappa shape index (κ3) is 12.1. The van der Waals surface area contributed by atoms with Gasteiger partial charge in [-0.3, -0.25) is 4.79 Å². The number of amides is 1. The molecule has 5 heteroatoms. The fourth-order valence-corrected chi connectivity index (χ4v) is 6.19. The standard InChI is InChI=1S/C20H20O2.C16H18.C15H15NO2/c1-15-3-7-17(8-4-15)21-19-11-13-20(14-12-19)22-18-9-5-16(2)6-10-18;1-11-5-7-15(13(3)9-11)16-8-6-12(2)10-14(16)4;1-10-3-6-12(7-4-10)18-13-8-5-11(2)14(9-13)15(16)17/h3-11,13H,12,14H2,1-2H3;5-10H,1-4H3;3-9H,1-2H3,(H2,16,17). The Balaban J connectivity index is 0.000000163. The van der Waals surface area contributed by atoms with Crippen LogP contribution in [0.4, 0.5) is 0 Å². The van der Waals surface area contributed by atoms with Gasteiger partial charge in [-0.2, -0.15) is 0 Å². The lowest BCUT2D eigenvalue weighted by Gasteiger charge is -2.16. The molecule has 56 heavy (non-hydrogen) atoms. The van der Waals surface area contributed by atoms with Crippen LogP contribution in [0.3, 0.4) is 0 Å². The second kappa shape index (κ2) is 19.3. The topological polar surface area (TPSA) is 70.8 Å². The quantitative estimate of drug-likeness (QED) is 0.168. The highest BCUT2D eigenvalue weighted by Crippen LogP contribution is 2.29. The van der Waals surface area contributed by atoms with Gasteiger partial charge in [0.1, 0.15) is 34.5 Å².